The quantitative estimate of drug-likeness (QED) is 0.755. The highest BCUT2D eigenvalue weighted by Gasteiger charge is 2.24. The minimum absolute atomic E-state index is 0.106. The molecule has 0 saturated carbocycles. The second-order valence-electron chi connectivity index (χ2n) is 7.01. The van der Waals surface area contributed by atoms with Crippen LogP contribution in [0.3, 0.4) is 0 Å². The van der Waals surface area contributed by atoms with Crippen LogP contribution in [0.5, 0.6) is 0 Å². The molecule has 2 aromatic heterocycles. The molecular weight excluding hydrogens is 347 g/mol. The predicted molar refractivity (Wildman–Crippen MR) is 98.7 cm³/mol. The maximum absolute atomic E-state index is 13.6. The summed E-state index contributed by atoms with van der Waals surface area (Å²) in [5, 5.41) is 14.8. The van der Waals surface area contributed by atoms with E-state index in [9.17, 15) is 14.3 Å². The van der Waals surface area contributed by atoms with Gasteiger partial charge in [0.1, 0.15) is 5.82 Å². The lowest BCUT2D eigenvalue weighted by Gasteiger charge is -2.21. The van der Waals surface area contributed by atoms with Crippen molar-refractivity contribution in [2.75, 3.05) is 6.54 Å². The van der Waals surface area contributed by atoms with Crippen molar-refractivity contribution in [2.45, 2.75) is 39.5 Å². The number of aliphatic hydroxyl groups excluding tert-OH is 1. The van der Waals surface area contributed by atoms with Gasteiger partial charge in [0, 0.05) is 30.2 Å². The van der Waals surface area contributed by atoms with Gasteiger partial charge in [-0.05, 0) is 44.5 Å². The molecule has 0 fully saturated rings. The Balaban J connectivity index is 1.71. The van der Waals surface area contributed by atoms with Crippen molar-refractivity contribution < 1.29 is 14.3 Å². The van der Waals surface area contributed by atoms with E-state index in [2.05, 4.69) is 10.1 Å². The Labute approximate surface area is 156 Å². The first-order valence-electron chi connectivity index (χ1n) is 9.03. The number of hydrogen-bond donors (Lipinski definition) is 1. The van der Waals surface area contributed by atoms with E-state index in [4.69, 9.17) is 0 Å². The summed E-state index contributed by atoms with van der Waals surface area (Å²) in [5.41, 5.74) is 3.20. The third-order valence-corrected chi connectivity index (χ3v) is 4.88. The Morgan fingerprint density at radius 3 is 2.85 bits per heavy atom. The molecule has 4 rings (SSSR count). The minimum Gasteiger partial charge on any atom is -0.387 e. The average Bonchev–Trinajstić information content (AvgIpc) is 2.92. The number of halogens is 1. The first-order valence-corrected chi connectivity index (χ1v) is 9.03. The summed E-state index contributed by atoms with van der Waals surface area (Å²) in [6.07, 6.45) is 0.131. The standard InChI is InChI=1S/C20H21FN4O2/c1-12-8-17(16-5-4-14(21)9-19(16)22-12)20(27)24-6-3-7-25-15(11-24)10-18(23-25)13(2)26/h4-5,8-10,13,26H,3,6-7,11H2,1-2H3. The molecule has 3 heterocycles. The fourth-order valence-electron chi connectivity index (χ4n) is 3.54. The number of fused-ring (bicyclic) bond motifs is 2. The number of aryl methyl sites for hydroxylation is 2. The van der Waals surface area contributed by atoms with E-state index in [1.807, 2.05) is 10.7 Å². The number of aromatic nitrogens is 3. The molecule has 1 unspecified atom stereocenters. The maximum atomic E-state index is 13.6. The van der Waals surface area contributed by atoms with Crippen molar-refractivity contribution in [3.63, 3.8) is 0 Å². The van der Waals surface area contributed by atoms with Gasteiger partial charge in [0.05, 0.1) is 35.1 Å². The van der Waals surface area contributed by atoms with E-state index < -0.39 is 6.10 Å². The zero-order chi connectivity index (χ0) is 19.1. The lowest BCUT2D eigenvalue weighted by Crippen LogP contribution is -2.31. The van der Waals surface area contributed by atoms with Gasteiger partial charge in [-0.3, -0.25) is 14.5 Å². The molecule has 0 radical (unpaired) electrons. The van der Waals surface area contributed by atoms with Crippen LogP contribution in [-0.4, -0.2) is 37.2 Å². The number of hydrogen-bond acceptors (Lipinski definition) is 4. The Bertz CT molecular complexity index is 1020. The highest BCUT2D eigenvalue weighted by molar-refractivity contribution is 6.06. The molecule has 0 bridgehead atoms. The van der Waals surface area contributed by atoms with Crippen LogP contribution >= 0.6 is 0 Å². The summed E-state index contributed by atoms with van der Waals surface area (Å²) >= 11 is 0. The number of aliphatic hydroxyl groups is 1. The maximum Gasteiger partial charge on any atom is 0.254 e. The number of nitrogens with zero attached hydrogens (tertiary/aromatic N) is 4. The van der Waals surface area contributed by atoms with Gasteiger partial charge in [-0.25, -0.2) is 4.39 Å². The van der Waals surface area contributed by atoms with Gasteiger partial charge in [0.25, 0.3) is 5.91 Å². The lowest BCUT2D eigenvalue weighted by molar-refractivity contribution is 0.0747. The molecule has 140 valence electrons. The number of pyridine rings is 1. The third kappa shape index (κ3) is 3.30. The molecule has 1 atom stereocenters. The van der Waals surface area contributed by atoms with Gasteiger partial charge < -0.3 is 10.0 Å². The summed E-state index contributed by atoms with van der Waals surface area (Å²) in [7, 11) is 0. The lowest BCUT2D eigenvalue weighted by atomic mass is 10.1. The van der Waals surface area contributed by atoms with Gasteiger partial charge in [0.15, 0.2) is 0 Å². The topological polar surface area (TPSA) is 71.2 Å². The average molecular weight is 368 g/mol. The minimum atomic E-state index is -0.643. The molecule has 0 spiro atoms. The van der Waals surface area contributed by atoms with E-state index in [0.717, 1.165) is 12.1 Å². The molecule has 1 aliphatic rings. The van der Waals surface area contributed by atoms with Crippen molar-refractivity contribution >= 4 is 16.8 Å². The van der Waals surface area contributed by atoms with Gasteiger partial charge in [-0.2, -0.15) is 5.10 Å². The van der Waals surface area contributed by atoms with Crippen LogP contribution in [0.25, 0.3) is 10.9 Å². The molecule has 3 aromatic rings. The summed E-state index contributed by atoms with van der Waals surface area (Å²) < 4.78 is 15.4. The Hall–Kier alpha value is -2.80. The van der Waals surface area contributed by atoms with Gasteiger partial charge in [-0.1, -0.05) is 0 Å². The third-order valence-electron chi connectivity index (χ3n) is 4.88. The zero-order valence-electron chi connectivity index (χ0n) is 15.3. The molecule has 1 N–H and O–H groups in total. The van der Waals surface area contributed by atoms with Gasteiger partial charge >= 0.3 is 0 Å². The molecule has 1 aliphatic heterocycles. The number of benzene rings is 1. The molecular formula is C20H21FN4O2. The van der Waals surface area contributed by atoms with Crippen LogP contribution < -0.4 is 0 Å². The Morgan fingerprint density at radius 1 is 1.26 bits per heavy atom. The zero-order valence-corrected chi connectivity index (χ0v) is 15.3. The van der Waals surface area contributed by atoms with Crippen LogP contribution in [0.4, 0.5) is 4.39 Å². The Morgan fingerprint density at radius 2 is 2.07 bits per heavy atom. The SMILES string of the molecule is Cc1cc(C(=O)N2CCCn3nc(C(C)O)cc3C2)c2ccc(F)cc2n1. The van der Waals surface area contributed by atoms with Crippen molar-refractivity contribution in [1.29, 1.82) is 0 Å². The molecule has 0 saturated heterocycles. The van der Waals surface area contributed by atoms with Crippen LogP contribution in [0, 0.1) is 12.7 Å². The smallest absolute Gasteiger partial charge is 0.254 e. The molecule has 1 amide bonds. The normalized spacial score (nSPS) is 15.5. The van der Waals surface area contributed by atoms with E-state index in [1.165, 1.54) is 12.1 Å². The van der Waals surface area contributed by atoms with Gasteiger partial charge in [-0.15, -0.1) is 0 Å². The van der Waals surface area contributed by atoms with Crippen molar-refractivity contribution in [1.82, 2.24) is 19.7 Å². The van der Waals surface area contributed by atoms with E-state index in [-0.39, 0.29) is 11.7 Å². The number of carbonyl (C=O) groups excluding carboxylic acids is 1. The summed E-state index contributed by atoms with van der Waals surface area (Å²) in [4.78, 5) is 19.4. The van der Waals surface area contributed by atoms with Crippen LogP contribution in [0.2, 0.25) is 0 Å². The van der Waals surface area contributed by atoms with Crippen molar-refractivity contribution in [2.24, 2.45) is 0 Å². The van der Waals surface area contributed by atoms with Crippen LogP contribution in [-0.2, 0) is 13.1 Å². The molecule has 7 heteroatoms. The monoisotopic (exact) mass is 368 g/mol. The molecule has 6 nitrogen and oxygen atoms in total. The largest absolute Gasteiger partial charge is 0.387 e. The Kier molecular flexibility index (Phi) is 4.39. The second kappa shape index (κ2) is 6.74. The van der Waals surface area contributed by atoms with Crippen LogP contribution in [0.1, 0.15) is 46.9 Å². The fraction of sp³-hybridized carbons (Fsp3) is 0.350. The molecule has 27 heavy (non-hydrogen) atoms. The molecule has 0 aliphatic carbocycles. The highest BCUT2D eigenvalue weighted by Crippen LogP contribution is 2.24. The number of carbonyl (C=O) groups is 1. The predicted octanol–water partition coefficient (Wildman–Crippen LogP) is 2.98. The molecule has 1 aromatic carbocycles. The van der Waals surface area contributed by atoms with E-state index >= 15 is 0 Å². The highest BCUT2D eigenvalue weighted by atomic mass is 19.1. The number of amides is 1. The fourth-order valence-corrected chi connectivity index (χ4v) is 3.54. The van der Waals surface area contributed by atoms with Gasteiger partial charge in [0.2, 0.25) is 0 Å². The first kappa shape index (κ1) is 17.6. The summed E-state index contributed by atoms with van der Waals surface area (Å²) in [6.45, 7) is 5.20. The first-order chi connectivity index (χ1) is 12.9. The summed E-state index contributed by atoms with van der Waals surface area (Å²) in [5.74, 6) is -0.478. The second-order valence-corrected chi connectivity index (χ2v) is 7.01. The van der Waals surface area contributed by atoms with E-state index in [1.54, 1.807) is 30.9 Å². The van der Waals surface area contributed by atoms with Crippen molar-refractivity contribution in [3.05, 3.63) is 58.8 Å². The number of rotatable bonds is 2. The van der Waals surface area contributed by atoms with Crippen LogP contribution in [0.15, 0.2) is 30.3 Å². The van der Waals surface area contributed by atoms with E-state index in [0.29, 0.717) is 47.5 Å². The van der Waals surface area contributed by atoms with Crippen molar-refractivity contribution in [3.8, 4) is 0 Å². The summed E-state index contributed by atoms with van der Waals surface area (Å²) in [6, 6.07) is 7.92.